The normalized spacial score (nSPS) is 17.0. The van der Waals surface area contributed by atoms with Gasteiger partial charge >= 0.3 is 5.97 Å². The van der Waals surface area contributed by atoms with Crippen LogP contribution in [-0.2, 0) is 9.53 Å². The zero-order chi connectivity index (χ0) is 20.4. The van der Waals surface area contributed by atoms with Crippen molar-refractivity contribution in [1.82, 2.24) is 14.9 Å². The molecule has 6 nitrogen and oxygen atoms in total. The molecule has 0 fully saturated rings. The second-order valence-corrected chi connectivity index (χ2v) is 7.29. The van der Waals surface area contributed by atoms with E-state index < -0.39 is 11.9 Å². The largest absolute Gasteiger partial charge is 0.460 e. The number of hydrogen-bond acceptors (Lipinski definition) is 5. The summed E-state index contributed by atoms with van der Waals surface area (Å²) < 4.78 is 6.86. The fourth-order valence-corrected chi connectivity index (χ4v) is 3.61. The summed E-state index contributed by atoms with van der Waals surface area (Å²) in [5, 5.41) is 3.63. The lowest BCUT2D eigenvalue weighted by atomic mass is 9.80. The number of benzene rings is 1. The molecule has 28 heavy (non-hydrogen) atoms. The van der Waals surface area contributed by atoms with E-state index in [4.69, 9.17) is 16.3 Å². The molecule has 0 saturated carbocycles. The van der Waals surface area contributed by atoms with E-state index in [0.29, 0.717) is 33.1 Å². The molecular formula is C21H22ClN3O3. The van der Waals surface area contributed by atoms with Crippen molar-refractivity contribution in [2.24, 2.45) is 0 Å². The third kappa shape index (κ3) is 3.73. The predicted octanol–water partition coefficient (Wildman–Crippen LogP) is 4.06. The van der Waals surface area contributed by atoms with Gasteiger partial charge < -0.3 is 10.1 Å². The molecule has 2 heterocycles. The monoisotopic (exact) mass is 399 g/mol. The highest BCUT2D eigenvalue weighted by Crippen LogP contribution is 2.41. The standard InChI is InChI=1S/C21H22ClN3O3/c1-12(2)28-21(27)18-14(4)24-13(3)17(20(26)25-10-9-23-11-25)19(18)15-7-5-6-8-16(15)22/h5-12,19,24H,1-4H3. The Kier molecular flexibility index (Phi) is 5.70. The van der Waals surface area contributed by atoms with Crippen LogP contribution in [0.4, 0.5) is 0 Å². The van der Waals surface area contributed by atoms with Crippen LogP contribution in [0.3, 0.4) is 0 Å². The van der Waals surface area contributed by atoms with Crippen LogP contribution in [0.15, 0.2) is 65.5 Å². The number of nitrogens with zero attached hydrogens (tertiary/aromatic N) is 2. The van der Waals surface area contributed by atoms with E-state index in [1.165, 1.54) is 17.1 Å². The average Bonchev–Trinajstić information content (AvgIpc) is 3.15. The van der Waals surface area contributed by atoms with E-state index in [-0.39, 0.29) is 12.0 Å². The van der Waals surface area contributed by atoms with Crippen molar-refractivity contribution < 1.29 is 14.3 Å². The molecule has 0 aliphatic carbocycles. The number of hydrogen-bond donors (Lipinski definition) is 1. The van der Waals surface area contributed by atoms with E-state index in [1.54, 1.807) is 33.0 Å². The maximum Gasteiger partial charge on any atom is 0.337 e. The summed E-state index contributed by atoms with van der Waals surface area (Å²) in [5.41, 5.74) is 2.75. The van der Waals surface area contributed by atoms with Gasteiger partial charge in [-0.2, -0.15) is 0 Å². The van der Waals surface area contributed by atoms with Gasteiger partial charge in [0.2, 0.25) is 0 Å². The van der Waals surface area contributed by atoms with Gasteiger partial charge in [0.15, 0.2) is 0 Å². The van der Waals surface area contributed by atoms with Gasteiger partial charge in [-0.05, 0) is 39.3 Å². The van der Waals surface area contributed by atoms with Gasteiger partial charge in [0, 0.05) is 34.4 Å². The van der Waals surface area contributed by atoms with Gasteiger partial charge in [-0.25, -0.2) is 9.78 Å². The summed E-state index contributed by atoms with van der Waals surface area (Å²) in [6, 6.07) is 7.21. The van der Waals surface area contributed by atoms with E-state index in [1.807, 2.05) is 25.1 Å². The molecule has 2 aromatic rings. The average molecular weight is 400 g/mol. The molecule has 0 amide bonds. The van der Waals surface area contributed by atoms with E-state index in [0.717, 1.165) is 0 Å². The van der Waals surface area contributed by atoms with Gasteiger partial charge in [0.05, 0.1) is 17.6 Å². The predicted molar refractivity (Wildman–Crippen MR) is 107 cm³/mol. The van der Waals surface area contributed by atoms with Crippen molar-refractivity contribution in [3.63, 3.8) is 0 Å². The van der Waals surface area contributed by atoms with Gasteiger partial charge in [-0.1, -0.05) is 29.8 Å². The Hall–Kier alpha value is -2.86. The van der Waals surface area contributed by atoms with Crippen LogP contribution in [0, 0.1) is 0 Å². The van der Waals surface area contributed by atoms with Crippen LogP contribution in [0.5, 0.6) is 0 Å². The SMILES string of the molecule is CC1=C(C(=O)OC(C)C)C(c2ccccc2Cl)C(C(=O)n2ccnc2)=C(C)N1. The first-order chi connectivity index (χ1) is 13.3. The van der Waals surface area contributed by atoms with Crippen molar-refractivity contribution in [2.75, 3.05) is 0 Å². The zero-order valence-corrected chi connectivity index (χ0v) is 16.9. The molecular weight excluding hydrogens is 378 g/mol. The van der Waals surface area contributed by atoms with E-state index in [9.17, 15) is 9.59 Å². The van der Waals surface area contributed by atoms with Crippen molar-refractivity contribution in [2.45, 2.75) is 39.7 Å². The fourth-order valence-electron chi connectivity index (χ4n) is 3.36. The molecule has 1 N–H and O–H groups in total. The second-order valence-electron chi connectivity index (χ2n) is 6.89. The van der Waals surface area contributed by atoms with Crippen LogP contribution >= 0.6 is 11.6 Å². The topological polar surface area (TPSA) is 73.2 Å². The molecule has 1 atom stereocenters. The van der Waals surface area contributed by atoms with Crippen LogP contribution in [0.1, 0.15) is 44.0 Å². The summed E-state index contributed by atoms with van der Waals surface area (Å²) in [7, 11) is 0. The van der Waals surface area contributed by atoms with Crippen LogP contribution < -0.4 is 5.32 Å². The number of nitrogens with one attached hydrogen (secondary N) is 1. The number of carbonyl (C=O) groups is 2. The van der Waals surface area contributed by atoms with E-state index >= 15 is 0 Å². The summed E-state index contributed by atoms with van der Waals surface area (Å²) >= 11 is 6.48. The van der Waals surface area contributed by atoms with Gasteiger partial charge in [0.1, 0.15) is 6.33 Å². The second kappa shape index (κ2) is 8.02. The number of aromatic nitrogens is 2. The third-order valence-electron chi connectivity index (χ3n) is 4.51. The molecule has 1 aliphatic heterocycles. The van der Waals surface area contributed by atoms with Crippen molar-refractivity contribution in [3.8, 4) is 0 Å². The number of esters is 1. The van der Waals surface area contributed by atoms with Crippen molar-refractivity contribution in [1.29, 1.82) is 0 Å². The first kappa shape index (κ1) is 19.9. The molecule has 3 rings (SSSR count). The molecule has 0 bridgehead atoms. The van der Waals surface area contributed by atoms with Gasteiger partial charge in [-0.3, -0.25) is 9.36 Å². The Balaban J connectivity index is 2.20. The molecule has 1 aromatic heterocycles. The van der Waals surface area contributed by atoms with Crippen LogP contribution in [-0.4, -0.2) is 27.5 Å². The lowest BCUT2D eigenvalue weighted by Crippen LogP contribution is -2.34. The molecule has 0 saturated heterocycles. The number of allylic oxidation sites excluding steroid dienone is 3. The summed E-state index contributed by atoms with van der Waals surface area (Å²) in [4.78, 5) is 30.2. The van der Waals surface area contributed by atoms with Crippen LogP contribution in [0.25, 0.3) is 0 Å². The fraction of sp³-hybridized carbons (Fsp3) is 0.286. The molecule has 7 heteroatoms. The molecule has 1 unspecified atom stereocenters. The quantitative estimate of drug-likeness (QED) is 0.785. The number of carbonyl (C=O) groups excluding carboxylic acids is 2. The number of ether oxygens (including phenoxy) is 1. The molecule has 0 spiro atoms. The Morgan fingerprint density at radius 2 is 1.86 bits per heavy atom. The first-order valence-electron chi connectivity index (χ1n) is 8.97. The smallest absolute Gasteiger partial charge is 0.337 e. The minimum Gasteiger partial charge on any atom is -0.460 e. The lowest BCUT2D eigenvalue weighted by Gasteiger charge is -2.31. The Labute approximate surface area is 168 Å². The van der Waals surface area contributed by atoms with Gasteiger partial charge in [0.25, 0.3) is 5.91 Å². The highest BCUT2D eigenvalue weighted by Gasteiger charge is 2.38. The summed E-state index contributed by atoms with van der Waals surface area (Å²) in [6.45, 7) is 7.17. The van der Waals surface area contributed by atoms with E-state index in [2.05, 4.69) is 10.3 Å². The number of dihydropyridines is 1. The highest BCUT2D eigenvalue weighted by atomic mass is 35.5. The Morgan fingerprint density at radius 1 is 1.18 bits per heavy atom. The third-order valence-corrected chi connectivity index (χ3v) is 4.85. The van der Waals surface area contributed by atoms with Crippen LogP contribution in [0.2, 0.25) is 5.02 Å². The summed E-state index contributed by atoms with van der Waals surface area (Å²) in [5.74, 6) is -1.42. The molecule has 146 valence electrons. The first-order valence-corrected chi connectivity index (χ1v) is 9.35. The number of halogens is 1. The highest BCUT2D eigenvalue weighted by molar-refractivity contribution is 6.31. The summed E-state index contributed by atoms with van der Waals surface area (Å²) in [6.07, 6.45) is 4.25. The maximum absolute atomic E-state index is 13.3. The zero-order valence-electron chi connectivity index (χ0n) is 16.2. The van der Waals surface area contributed by atoms with Crippen molar-refractivity contribution in [3.05, 3.63) is 76.1 Å². The lowest BCUT2D eigenvalue weighted by molar-refractivity contribution is -0.143. The molecule has 1 aliphatic rings. The maximum atomic E-state index is 13.3. The molecule has 1 aromatic carbocycles. The number of imidazole rings is 1. The Morgan fingerprint density at radius 3 is 2.46 bits per heavy atom. The number of rotatable bonds is 4. The minimum absolute atomic E-state index is 0.283. The minimum atomic E-state index is -0.656. The molecule has 0 radical (unpaired) electrons. The Bertz CT molecular complexity index is 975. The van der Waals surface area contributed by atoms with Crippen molar-refractivity contribution >= 4 is 23.5 Å². The van der Waals surface area contributed by atoms with Gasteiger partial charge in [-0.15, -0.1) is 0 Å².